The van der Waals surface area contributed by atoms with Crippen LogP contribution in [0, 0.1) is 0 Å². The van der Waals surface area contributed by atoms with Crippen LogP contribution in [0.3, 0.4) is 0 Å². The van der Waals surface area contributed by atoms with Gasteiger partial charge in [0.05, 0.1) is 18.1 Å². The van der Waals surface area contributed by atoms with E-state index in [4.69, 9.17) is 4.42 Å². The van der Waals surface area contributed by atoms with Gasteiger partial charge in [-0.2, -0.15) is 0 Å². The normalized spacial score (nSPS) is 16.9. The Labute approximate surface area is 146 Å². The second-order valence-corrected chi connectivity index (χ2v) is 7.63. The molecule has 1 atom stereocenters. The number of hydrogen-bond acceptors (Lipinski definition) is 5. The van der Waals surface area contributed by atoms with Crippen molar-refractivity contribution in [3.8, 4) is 0 Å². The van der Waals surface area contributed by atoms with Crippen LogP contribution in [0.15, 0.2) is 34.3 Å². The summed E-state index contributed by atoms with van der Waals surface area (Å²) in [5.74, 6) is 1.01. The molecule has 6 nitrogen and oxygen atoms in total. The summed E-state index contributed by atoms with van der Waals surface area (Å²) in [5.41, 5.74) is 0. The van der Waals surface area contributed by atoms with Crippen molar-refractivity contribution in [2.75, 3.05) is 7.05 Å². The maximum Gasteiger partial charge on any atom is 0.235 e. The molecule has 1 aliphatic carbocycles. The molecule has 2 heterocycles. The molecule has 130 valence electrons. The lowest BCUT2D eigenvalue weighted by atomic mass is 9.94. The Morgan fingerprint density at radius 3 is 2.96 bits per heavy atom. The molecule has 0 radical (unpaired) electrons. The zero-order valence-electron chi connectivity index (χ0n) is 14.2. The average molecular weight is 348 g/mol. The van der Waals surface area contributed by atoms with E-state index >= 15 is 0 Å². The summed E-state index contributed by atoms with van der Waals surface area (Å²) in [6.45, 7) is 2.51. The maximum absolute atomic E-state index is 12.7. The van der Waals surface area contributed by atoms with E-state index in [-0.39, 0.29) is 11.2 Å². The van der Waals surface area contributed by atoms with Crippen LogP contribution in [0.2, 0.25) is 0 Å². The molecule has 0 aromatic carbocycles. The summed E-state index contributed by atoms with van der Waals surface area (Å²) in [6, 6.07) is 4.16. The molecule has 1 aliphatic rings. The summed E-state index contributed by atoms with van der Waals surface area (Å²) in [5, 5.41) is 8.69. The van der Waals surface area contributed by atoms with Crippen molar-refractivity contribution in [2.24, 2.45) is 0 Å². The molecule has 0 saturated heterocycles. The first-order valence-corrected chi connectivity index (χ1v) is 9.36. The summed E-state index contributed by atoms with van der Waals surface area (Å²) < 4.78 is 7.28. The maximum atomic E-state index is 12.7. The summed E-state index contributed by atoms with van der Waals surface area (Å²) in [7, 11) is 1.93. The minimum atomic E-state index is -0.184. The van der Waals surface area contributed by atoms with Gasteiger partial charge < -0.3 is 13.9 Å². The van der Waals surface area contributed by atoms with Crippen molar-refractivity contribution in [1.82, 2.24) is 19.7 Å². The van der Waals surface area contributed by atoms with E-state index < -0.39 is 0 Å². The summed E-state index contributed by atoms with van der Waals surface area (Å²) >= 11 is 1.46. The van der Waals surface area contributed by atoms with Gasteiger partial charge in [0, 0.05) is 13.1 Å². The molecule has 2 aromatic heterocycles. The molecule has 3 rings (SSSR count). The van der Waals surface area contributed by atoms with Gasteiger partial charge in [-0.1, -0.05) is 31.0 Å². The summed E-state index contributed by atoms with van der Waals surface area (Å²) in [4.78, 5) is 14.7. The number of aromatic nitrogens is 3. The SMILES string of the molecule is CC(Sc1nncn1Cc1ccco1)C(=O)N(C)C1CCCCC1. The molecule has 2 aromatic rings. The second kappa shape index (κ2) is 7.88. The van der Waals surface area contributed by atoms with Crippen molar-refractivity contribution in [3.05, 3.63) is 30.5 Å². The zero-order chi connectivity index (χ0) is 16.9. The standard InChI is InChI=1S/C17H24N4O2S/c1-13(16(22)20(2)14-7-4-3-5-8-14)24-17-19-18-12-21(17)11-15-9-6-10-23-15/h6,9-10,12-14H,3-5,7-8,11H2,1-2H3. The molecular formula is C17H24N4O2S. The zero-order valence-corrected chi connectivity index (χ0v) is 15.0. The number of hydrogen-bond donors (Lipinski definition) is 0. The van der Waals surface area contributed by atoms with E-state index in [2.05, 4.69) is 10.2 Å². The molecule has 1 saturated carbocycles. The van der Waals surface area contributed by atoms with Gasteiger partial charge in [0.2, 0.25) is 5.91 Å². The highest BCUT2D eigenvalue weighted by molar-refractivity contribution is 8.00. The quantitative estimate of drug-likeness (QED) is 0.750. The monoisotopic (exact) mass is 348 g/mol. The third-order valence-electron chi connectivity index (χ3n) is 4.59. The highest BCUT2D eigenvalue weighted by Crippen LogP contribution is 2.26. The van der Waals surface area contributed by atoms with Crippen LogP contribution in [-0.2, 0) is 11.3 Å². The van der Waals surface area contributed by atoms with Crippen molar-refractivity contribution in [2.45, 2.75) is 62.0 Å². The number of rotatable bonds is 6. The number of carbonyl (C=O) groups excluding carboxylic acids is 1. The highest BCUT2D eigenvalue weighted by Gasteiger charge is 2.27. The van der Waals surface area contributed by atoms with Crippen LogP contribution in [0.4, 0.5) is 0 Å². The van der Waals surface area contributed by atoms with Crippen molar-refractivity contribution in [1.29, 1.82) is 0 Å². The fraction of sp³-hybridized carbons (Fsp3) is 0.588. The van der Waals surface area contributed by atoms with Crippen LogP contribution >= 0.6 is 11.8 Å². The van der Waals surface area contributed by atoms with Gasteiger partial charge in [-0.15, -0.1) is 10.2 Å². The van der Waals surface area contributed by atoms with Crippen LogP contribution in [0.5, 0.6) is 0 Å². The first kappa shape index (κ1) is 17.1. The van der Waals surface area contributed by atoms with Gasteiger partial charge >= 0.3 is 0 Å². The predicted molar refractivity (Wildman–Crippen MR) is 92.8 cm³/mol. The number of nitrogens with zero attached hydrogens (tertiary/aromatic N) is 4. The van der Waals surface area contributed by atoms with E-state index in [1.54, 1.807) is 12.6 Å². The minimum Gasteiger partial charge on any atom is -0.467 e. The van der Waals surface area contributed by atoms with Crippen LogP contribution in [0.1, 0.15) is 44.8 Å². The summed E-state index contributed by atoms with van der Waals surface area (Å²) in [6.07, 6.45) is 9.30. The molecule has 1 unspecified atom stereocenters. The number of thioether (sulfide) groups is 1. The Hall–Kier alpha value is -1.76. The molecule has 24 heavy (non-hydrogen) atoms. The Kier molecular flexibility index (Phi) is 5.60. The number of furan rings is 1. The van der Waals surface area contributed by atoms with E-state index in [1.807, 2.05) is 35.6 Å². The third kappa shape index (κ3) is 4.01. The third-order valence-corrected chi connectivity index (χ3v) is 5.67. The van der Waals surface area contributed by atoms with Crippen LogP contribution in [0.25, 0.3) is 0 Å². The highest BCUT2D eigenvalue weighted by atomic mass is 32.2. The molecule has 0 aliphatic heterocycles. The molecule has 1 fully saturated rings. The van der Waals surface area contributed by atoms with Gasteiger partial charge in [-0.05, 0) is 31.9 Å². The largest absolute Gasteiger partial charge is 0.467 e. The lowest BCUT2D eigenvalue weighted by molar-refractivity contribution is -0.131. The molecule has 0 bridgehead atoms. The Bertz CT molecular complexity index is 649. The van der Waals surface area contributed by atoms with Crippen LogP contribution < -0.4 is 0 Å². The topological polar surface area (TPSA) is 64.2 Å². The number of amides is 1. The van der Waals surface area contributed by atoms with Gasteiger partial charge in [-0.25, -0.2) is 0 Å². The minimum absolute atomic E-state index is 0.166. The molecule has 0 spiro atoms. The molecule has 7 heteroatoms. The molecular weight excluding hydrogens is 324 g/mol. The van der Waals surface area contributed by atoms with Crippen molar-refractivity contribution in [3.63, 3.8) is 0 Å². The van der Waals surface area contributed by atoms with Gasteiger partial charge in [0.1, 0.15) is 12.1 Å². The van der Waals surface area contributed by atoms with Crippen molar-refractivity contribution >= 4 is 17.7 Å². The van der Waals surface area contributed by atoms with Crippen molar-refractivity contribution < 1.29 is 9.21 Å². The van der Waals surface area contributed by atoms with E-state index in [1.165, 1.54) is 31.0 Å². The Morgan fingerprint density at radius 2 is 2.25 bits per heavy atom. The fourth-order valence-electron chi connectivity index (χ4n) is 3.16. The second-order valence-electron chi connectivity index (χ2n) is 6.32. The average Bonchev–Trinajstić information content (AvgIpc) is 3.27. The van der Waals surface area contributed by atoms with Gasteiger partial charge in [-0.3, -0.25) is 4.79 Å². The van der Waals surface area contributed by atoms with E-state index in [0.29, 0.717) is 12.6 Å². The Morgan fingerprint density at radius 1 is 1.46 bits per heavy atom. The fourth-order valence-corrected chi connectivity index (χ4v) is 4.08. The van der Waals surface area contributed by atoms with Crippen LogP contribution in [-0.4, -0.2) is 43.9 Å². The molecule has 1 amide bonds. The lowest BCUT2D eigenvalue weighted by Crippen LogP contribution is -2.42. The van der Waals surface area contributed by atoms with E-state index in [9.17, 15) is 4.79 Å². The predicted octanol–water partition coefficient (Wildman–Crippen LogP) is 3.19. The Balaban J connectivity index is 1.61. The first-order valence-electron chi connectivity index (χ1n) is 8.48. The lowest BCUT2D eigenvalue weighted by Gasteiger charge is -2.32. The first-order chi connectivity index (χ1) is 11.6. The number of carbonyl (C=O) groups is 1. The van der Waals surface area contributed by atoms with Gasteiger partial charge in [0.15, 0.2) is 5.16 Å². The molecule has 0 N–H and O–H groups in total. The van der Waals surface area contributed by atoms with Gasteiger partial charge in [0.25, 0.3) is 0 Å². The smallest absolute Gasteiger partial charge is 0.235 e. The van der Waals surface area contributed by atoms with E-state index in [0.717, 1.165) is 23.8 Å².